The van der Waals surface area contributed by atoms with Gasteiger partial charge in [-0.1, -0.05) is 23.7 Å². The SMILES string of the molecule is Cc1cn2nc([C@H](C)N(C)C(=O)c3ccccc3Cl)cc2nc1N1CC[C@H](N)C1. The minimum absolute atomic E-state index is 0.143. The second-order valence-corrected chi connectivity index (χ2v) is 8.09. The molecule has 8 heteroatoms. The first kappa shape index (κ1) is 19.7. The molecule has 2 aromatic heterocycles. The van der Waals surface area contributed by atoms with Crippen LogP contribution in [0.5, 0.6) is 0 Å². The third-order valence-corrected chi connectivity index (χ3v) is 5.91. The Morgan fingerprint density at radius 3 is 2.83 bits per heavy atom. The van der Waals surface area contributed by atoms with Crippen molar-refractivity contribution < 1.29 is 4.79 Å². The quantitative estimate of drug-likeness (QED) is 0.712. The van der Waals surface area contributed by atoms with Gasteiger partial charge in [-0.05, 0) is 32.4 Å². The molecule has 4 rings (SSSR count). The maximum Gasteiger partial charge on any atom is 0.255 e. The fraction of sp³-hybridized carbons (Fsp3) is 0.381. The first-order chi connectivity index (χ1) is 13.8. The maximum absolute atomic E-state index is 12.9. The molecule has 1 aromatic carbocycles. The lowest BCUT2D eigenvalue weighted by atomic mass is 10.1. The first-order valence-corrected chi connectivity index (χ1v) is 10.1. The number of hydrogen-bond acceptors (Lipinski definition) is 5. The number of halogens is 1. The van der Waals surface area contributed by atoms with Gasteiger partial charge in [0.2, 0.25) is 0 Å². The molecule has 2 N–H and O–H groups in total. The molecule has 0 bridgehead atoms. The smallest absolute Gasteiger partial charge is 0.255 e. The Labute approximate surface area is 175 Å². The van der Waals surface area contributed by atoms with Crippen LogP contribution in [-0.2, 0) is 0 Å². The summed E-state index contributed by atoms with van der Waals surface area (Å²) in [5, 5.41) is 5.10. The summed E-state index contributed by atoms with van der Waals surface area (Å²) in [4.78, 5) is 21.6. The number of carbonyl (C=O) groups is 1. The van der Waals surface area contributed by atoms with Crippen LogP contribution in [0.1, 0.15) is 41.0 Å². The van der Waals surface area contributed by atoms with Crippen molar-refractivity contribution >= 4 is 29.0 Å². The van der Waals surface area contributed by atoms with Gasteiger partial charge < -0.3 is 15.5 Å². The molecule has 29 heavy (non-hydrogen) atoms. The van der Waals surface area contributed by atoms with E-state index in [0.29, 0.717) is 10.6 Å². The first-order valence-electron chi connectivity index (χ1n) is 9.74. The molecule has 1 fully saturated rings. The summed E-state index contributed by atoms with van der Waals surface area (Å²) in [6.07, 6.45) is 2.95. The fourth-order valence-electron chi connectivity index (χ4n) is 3.72. The van der Waals surface area contributed by atoms with E-state index in [-0.39, 0.29) is 18.0 Å². The van der Waals surface area contributed by atoms with E-state index in [0.717, 1.165) is 42.2 Å². The Morgan fingerprint density at radius 1 is 1.38 bits per heavy atom. The minimum atomic E-state index is -0.232. The van der Waals surface area contributed by atoms with E-state index < -0.39 is 0 Å². The Kier molecular flexibility index (Phi) is 5.19. The third-order valence-electron chi connectivity index (χ3n) is 5.58. The van der Waals surface area contributed by atoms with Crippen molar-refractivity contribution in [3.8, 4) is 0 Å². The number of nitrogens with zero attached hydrogens (tertiary/aromatic N) is 5. The molecule has 152 valence electrons. The molecular weight excluding hydrogens is 388 g/mol. The molecule has 7 nitrogen and oxygen atoms in total. The molecule has 0 radical (unpaired) electrons. The van der Waals surface area contributed by atoms with Gasteiger partial charge in [0.05, 0.1) is 22.3 Å². The average Bonchev–Trinajstić information content (AvgIpc) is 3.31. The van der Waals surface area contributed by atoms with Gasteiger partial charge in [-0.15, -0.1) is 0 Å². The summed E-state index contributed by atoms with van der Waals surface area (Å²) in [5.74, 6) is 0.807. The maximum atomic E-state index is 12.9. The van der Waals surface area contributed by atoms with Gasteiger partial charge in [0.15, 0.2) is 5.65 Å². The van der Waals surface area contributed by atoms with E-state index in [4.69, 9.17) is 22.3 Å². The van der Waals surface area contributed by atoms with Gasteiger partial charge in [-0.3, -0.25) is 4.79 Å². The highest BCUT2D eigenvalue weighted by molar-refractivity contribution is 6.33. The number of amides is 1. The molecule has 0 aliphatic carbocycles. The molecule has 1 aliphatic heterocycles. The van der Waals surface area contributed by atoms with Gasteiger partial charge in [0, 0.05) is 44.0 Å². The highest BCUT2D eigenvalue weighted by Crippen LogP contribution is 2.26. The predicted molar refractivity (Wildman–Crippen MR) is 114 cm³/mol. The fourth-order valence-corrected chi connectivity index (χ4v) is 3.94. The van der Waals surface area contributed by atoms with Gasteiger partial charge in [-0.2, -0.15) is 5.10 Å². The number of carbonyl (C=O) groups excluding carboxylic acids is 1. The Balaban J connectivity index is 1.62. The zero-order valence-corrected chi connectivity index (χ0v) is 17.6. The van der Waals surface area contributed by atoms with Crippen LogP contribution in [0.2, 0.25) is 5.02 Å². The van der Waals surface area contributed by atoms with E-state index in [1.165, 1.54) is 0 Å². The number of anilines is 1. The average molecular weight is 413 g/mol. The highest BCUT2D eigenvalue weighted by atomic mass is 35.5. The summed E-state index contributed by atoms with van der Waals surface area (Å²) in [6.45, 7) is 5.71. The van der Waals surface area contributed by atoms with E-state index in [2.05, 4.69) is 10.00 Å². The summed E-state index contributed by atoms with van der Waals surface area (Å²) < 4.78 is 1.77. The van der Waals surface area contributed by atoms with Crippen LogP contribution < -0.4 is 10.6 Å². The largest absolute Gasteiger partial charge is 0.355 e. The monoisotopic (exact) mass is 412 g/mol. The zero-order chi connectivity index (χ0) is 20.7. The van der Waals surface area contributed by atoms with Crippen molar-refractivity contribution in [2.24, 2.45) is 5.73 Å². The molecule has 1 saturated heterocycles. The Bertz CT molecular complexity index is 1060. The van der Waals surface area contributed by atoms with Crippen molar-refractivity contribution in [2.75, 3.05) is 25.0 Å². The van der Waals surface area contributed by atoms with Crippen LogP contribution in [0.15, 0.2) is 36.5 Å². The van der Waals surface area contributed by atoms with Crippen molar-refractivity contribution in [1.29, 1.82) is 0 Å². The van der Waals surface area contributed by atoms with E-state index in [1.807, 2.05) is 32.2 Å². The van der Waals surface area contributed by atoms with E-state index in [1.54, 1.807) is 34.7 Å². The second kappa shape index (κ2) is 7.65. The highest BCUT2D eigenvalue weighted by Gasteiger charge is 2.25. The van der Waals surface area contributed by atoms with Gasteiger partial charge >= 0.3 is 0 Å². The van der Waals surface area contributed by atoms with Crippen LogP contribution in [0.25, 0.3) is 5.65 Å². The number of benzene rings is 1. The number of aromatic nitrogens is 3. The molecule has 3 aromatic rings. The Hall–Kier alpha value is -2.64. The summed E-state index contributed by atoms with van der Waals surface area (Å²) in [7, 11) is 1.76. The van der Waals surface area contributed by atoms with Crippen LogP contribution in [0, 0.1) is 6.92 Å². The number of hydrogen-bond donors (Lipinski definition) is 1. The zero-order valence-electron chi connectivity index (χ0n) is 16.8. The summed E-state index contributed by atoms with van der Waals surface area (Å²) >= 11 is 6.19. The summed E-state index contributed by atoms with van der Waals surface area (Å²) in [5.41, 5.74) is 9.12. The van der Waals surface area contributed by atoms with Gasteiger partial charge in [-0.25, -0.2) is 9.50 Å². The number of rotatable bonds is 4. The molecule has 1 amide bonds. The van der Waals surface area contributed by atoms with E-state index in [9.17, 15) is 4.79 Å². The Morgan fingerprint density at radius 2 is 2.14 bits per heavy atom. The standard InChI is InChI=1S/C21H25ClN6O/c1-13-11-28-19(24-20(13)27-9-8-15(23)12-27)10-18(25-28)14(2)26(3)21(29)16-6-4-5-7-17(16)22/h4-7,10-11,14-15H,8-9,12,23H2,1-3H3/t14-,15-/m0/s1. The molecule has 0 spiro atoms. The molecule has 0 unspecified atom stereocenters. The lowest BCUT2D eigenvalue weighted by molar-refractivity contribution is 0.0740. The number of aryl methyl sites for hydroxylation is 1. The number of fused-ring (bicyclic) bond motifs is 1. The van der Waals surface area contributed by atoms with Crippen LogP contribution in [-0.4, -0.2) is 51.6 Å². The van der Waals surface area contributed by atoms with Crippen LogP contribution in [0.4, 0.5) is 5.82 Å². The normalized spacial score (nSPS) is 17.7. The second-order valence-electron chi connectivity index (χ2n) is 7.69. The van der Waals surface area contributed by atoms with Crippen LogP contribution in [0.3, 0.4) is 0 Å². The third kappa shape index (κ3) is 3.68. The lowest BCUT2D eigenvalue weighted by Gasteiger charge is -2.23. The predicted octanol–water partition coefficient (Wildman–Crippen LogP) is 3.06. The topological polar surface area (TPSA) is 79.8 Å². The van der Waals surface area contributed by atoms with Crippen molar-refractivity contribution in [3.05, 3.63) is 58.4 Å². The van der Waals surface area contributed by atoms with Gasteiger partial charge in [0.25, 0.3) is 5.91 Å². The number of nitrogens with two attached hydrogens (primary N) is 1. The van der Waals surface area contributed by atoms with Crippen LogP contribution >= 0.6 is 11.6 Å². The molecule has 2 atom stereocenters. The lowest BCUT2D eigenvalue weighted by Crippen LogP contribution is -2.30. The van der Waals surface area contributed by atoms with Crippen molar-refractivity contribution in [2.45, 2.75) is 32.4 Å². The van der Waals surface area contributed by atoms with Crippen molar-refractivity contribution in [1.82, 2.24) is 19.5 Å². The molecule has 3 heterocycles. The van der Waals surface area contributed by atoms with Crippen molar-refractivity contribution in [3.63, 3.8) is 0 Å². The molecular formula is C21H25ClN6O. The van der Waals surface area contributed by atoms with E-state index >= 15 is 0 Å². The molecule has 0 saturated carbocycles. The minimum Gasteiger partial charge on any atom is -0.355 e. The van der Waals surface area contributed by atoms with Gasteiger partial charge in [0.1, 0.15) is 5.82 Å². The molecule has 1 aliphatic rings. The summed E-state index contributed by atoms with van der Waals surface area (Å²) in [6, 6.07) is 8.96.